The molecular formula is C10H20BrN. The van der Waals surface area contributed by atoms with Crippen LogP contribution in [0, 0.1) is 5.41 Å². The van der Waals surface area contributed by atoms with E-state index < -0.39 is 0 Å². The maximum atomic E-state index is 3.48. The molecule has 0 N–H and O–H groups in total. The van der Waals surface area contributed by atoms with Crippen molar-refractivity contribution >= 4 is 15.9 Å². The Kier molecular flexibility index (Phi) is 4.04. The van der Waals surface area contributed by atoms with Crippen molar-refractivity contribution in [3.05, 3.63) is 0 Å². The topological polar surface area (TPSA) is 3.24 Å². The summed E-state index contributed by atoms with van der Waals surface area (Å²) >= 11 is 3.48. The van der Waals surface area contributed by atoms with Gasteiger partial charge in [-0.05, 0) is 37.8 Å². The molecule has 0 aliphatic carbocycles. The van der Waals surface area contributed by atoms with Crippen LogP contribution in [0.5, 0.6) is 0 Å². The van der Waals surface area contributed by atoms with Crippen LogP contribution < -0.4 is 0 Å². The van der Waals surface area contributed by atoms with Gasteiger partial charge in [-0.25, -0.2) is 0 Å². The van der Waals surface area contributed by atoms with E-state index in [1.807, 2.05) is 0 Å². The van der Waals surface area contributed by atoms with Gasteiger partial charge in [0.1, 0.15) is 0 Å². The fourth-order valence-electron chi connectivity index (χ4n) is 2.02. The fraction of sp³-hybridized carbons (Fsp3) is 1.00. The van der Waals surface area contributed by atoms with Gasteiger partial charge in [-0.15, -0.1) is 0 Å². The summed E-state index contributed by atoms with van der Waals surface area (Å²) in [5.74, 6) is 0. The van der Waals surface area contributed by atoms with Gasteiger partial charge >= 0.3 is 0 Å². The highest BCUT2D eigenvalue weighted by molar-refractivity contribution is 9.09. The number of halogens is 1. The first-order valence-electron chi connectivity index (χ1n) is 4.92. The molecule has 0 bridgehead atoms. The third kappa shape index (κ3) is 3.44. The maximum absolute atomic E-state index is 3.48. The average molecular weight is 234 g/mol. The third-order valence-electron chi connectivity index (χ3n) is 2.59. The van der Waals surface area contributed by atoms with Crippen LogP contribution >= 0.6 is 15.9 Å². The standard InChI is InChI=1S/C10H20BrN/c1-10(2)5-3-7-12(9-10)8-4-6-11/h3-9H2,1-2H3. The van der Waals surface area contributed by atoms with E-state index in [1.165, 1.54) is 38.9 Å². The first-order chi connectivity index (χ1) is 5.64. The summed E-state index contributed by atoms with van der Waals surface area (Å²) < 4.78 is 0. The molecule has 12 heavy (non-hydrogen) atoms. The summed E-state index contributed by atoms with van der Waals surface area (Å²) in [6, 6.07) is 0. The molecule has 0 spiro atoms. The molecule has 0 amide bonds. The lowest BCUT2D eigenvalue weighted by Gasteiger charge is -2.38. The second-order valence-electron chi connectivity index (χ2n) is 4.59. The van der Waals surface area contributed by atoms with Crippen molar-refractivity contribution in [1.82, 2.24) is 4.90 Å². The van der Waals surface area contributed by atoms with Crippen molar-refractivity contribution in [1.29, 1.82) is 0 Å². The van der Waals surface area contributed by atoms with Crippen molar-refractivity contribution in [3.63, 3.8) is 0 Å². The minimum Gasteiger partial charge on any atom is -0.303 e. The molecule has 0 unspecified atom stereocenters. The third-order valence-corrected chi connectivity index (χ3v) is 3.15. The van der Waals surface area contributed by atoms with E-state index >= 15 is 0 Å². The summed E-state index contributed by atoms with van der Waals surface area (Å²) in [6.45, 7) is 8.64. The van der Waals surface area contributed by atoms with Gasteiger partial charge < -0.3 is 4.90 Å². The smallest absolute Gasteiger partial charge is 0.00434 e. The van der Waals surface area contributed by atoms with Crippen molar-refractivity contribution in [2.75, 3.05) is 25.0 Å². The second-order valence-corrected chi connectivity index (χ2v) is 5.38. The molecule has 72 valence electrons. The Morgan fingerprint density at radius 3 is 2.75 bits per heavy atom. The van der Waals surface area contributed by atoms with Crippen LogP contribution in [0.2, 0.25) is 0 Å². The lowest BCUT2D eigenvalue weighted by molar-refractivity contribution is 0.118. The van der Waals surface area contributed by atoms with Crippen molar-refractivity contribution < 1.29 is 0 Å². The van der Waals surface area contributed by atoms with E-state index in [2.05, 4.69) is 34.7 Å². The Bertz CT molecular complexity index is 134. The largest absolute Gasteiger partial charge is 0.303 e. The zero-order valence-corrected chi connectivity index (χ0v) is 9.86. The Balaban J connectivity index is 2.26. The van der Waals surface area contributed by atoms with Gasteiger partial charge in [0.25, 0.3) is 0 Å². The molecule has 1 fully saturated rings. The molecule has 1 aliphatic heterocycles. The van der Waals surface area contributed by atoms with Gasteiger partial charge in [-0.2, -0.15) is 0 Å². The predicted octanol–water partition coefficient (Wildman–Crippen LogP) is 2.89. The first kappa shape index (κ1) is 10.5. The summed E-state index contributed by atoms with van der Waals surface area (Å²) in [4.78, 5) is 2.60. The van der Waals surface area contributed by atoms with Gasteiger partial charge in [0.05, 0.1) is 0 Å². The number of hydrogen-bond donors (Lipinski definition) is 0. The molecule has 0 atom stereocenters. The van der Waals surface area contributed by atoms with Crippen molar-refractivity contribution in [3.8, 4) is 0 Å². The number of piperidine rings is 1. The molecule has 1 heterocycles. The number of likely N-dealkylation sites (tertiary alicyclic amines) is 1. The average Bonchev–Trinajstić information content (AvgIpc) is 1.99. The van der Waals surface area contributed by atoms with Crippen LogP contribution in [0.4, 0.5) is 0 Å². The molecule has 1 nitrogen and oxygen atoms in total. The highest BCUT2D eigenvalue weighted by Gasteiger charge is 2.25. The van der Waals surface area contributed by atoms with E-state index in [-0.39, 0.29) is 0 Å². The van der Waals surface area contributed by atoms with Crippen LogP contribution in [-0.2, 0) is 0 Å². The molecule has 1 saturated heterocycles. The molecular weight excluding hydrogens is 214 g/mol. The molecule has 0 aromatic rings. The zero-order chi connectivity index (χ0) is 9.03. The summed E-state index contributed by atoms with van der Waals surface area (Å²) in [6.07, 6.45) is 4.07. The van der Waals surface area contributed by atoms with Crippen LogP contribution in [0.25, 0.3) is 0 Å². The van der Waals surface area contributed by atoms with Crippen LogP contribution in [0.1, 0.15) is 33.1 Å². The summed E-state index contributed by atoms with van der Waals surface area (Å²) in [5, 5.41) is 1.14. The molecule has 1 rings (SSSR count). The Labute approximate surface area is 84.6 Å². The zero-order valence-electron chi connectivity index (χ0n) is 8.27. The van der Waals surface area contributed by atoms with Gasteiger partial charge in [-0.3, -0.25) is 0 Å². The lowest BCUT2D eigenvalue weighted by Crippen LogP contribution is -2.40. The van der Waals surface area contributed by atoms with E-state index in [4.69, 9.17) is 0 Å². The van der Waals surface area contributed by atoms with E-state index in [1.54, 1.807) is 0 Å². The van der Waals surface area contributed by atoms with Gasteiger partial charge in [0.15, 0.2) is 0 Å². The van der Waals surface area contributed by atoms with Crippen LogP contribution in [-0.4, -0.2) is 29.9 Å². The molecule has 1 aliphatic rings. The normalized spacial score (nSPS) is 24.2. The quantitative estimate of drug-likeness (QED) is 0.679. The number of rotatable bonds is 3. The Hall–Kier alpha value is 0.440. The minimum absolute atomic E-state index is 0.560. The Morgan fingerprint density at radius 1 is 1.42 bits per heavy atom. The molecule has 0 saturated carbocycles. The number of hydrogen-bond acceptors (Lipinski definition) is 1. The van der Waals surface area contributed by atoms with Gasteiger partial charge in [0, 0.05) is 11.9 Å². The fourth-order valence-corrected chi connectivity index (χ4v) is 2.27. The highest BCUT2D eigenvalue weighted by Crippen LogP contribution is 2.28. The molecule has 0 aromatic carbocycles. The minimum atomic E-state index is 0.560. The maximum Gasteiger partial charge on any atom is 0.00434 e. The molecule has 0 aromatic heterocycles. The summed E-state index contributed by atoms with van der Waals surface area (Å²) in [7, 11) is 0. The van der Waals surface area contributed by atoms with E-state index in [0.29, 0.717) is 5.41 Å². The Morgan fingerprint density at radius 2 is 2.17 bits per heavy atom. The van der Waals surface area contributed by atoms with Crippen molar-refractivity contribution in [2.45, 2.75) is 33.1 Å². The van der Waals surface area contributed by atoms with Crippen LogP contribution in [0.15, 0.2) is 0 Å². The lowest BCUT2D eigenvalue weighted by atomic mass is 9.84. The van der Waals surface area contributed by atoms with E-state index in [9.17, 15) is 0 Å². The van der Waals surface area contributed by atoms with E-state index in [0.717, 1.165) is 5.33 Å². The van der Waals surface area contributed by atoms with Gasteiger partial charge in [-0.1, -0.05) is 29.8 Å². The monoisotopic (exact) mass is 233 g/mol. The molecule has 2 heteroatoms. The molecule has 0 radical (unpaired) electrons. The SMILES string of the molecule is CC1(C)CCCN(CCCBr)C1. The predicted molar refractivity (Wildman–Crippen MR) is 57.9 cm³/mol. The first-order valence-corrected chi connectivity index (χ1v) is 6.04. The number of nitrogens with zero attached hydrogens (tertiary/aromatic N) is 1. The van der Waals surface area contributed by atoms with Gasteiger partial charge in [0.2, 0.25) is 0 Å². The number of alkyl halides is 1. The summed E-state index contributed by atoms with van der Waals surface area (Å²) in [5.41, 5.74) is 0.560. The van der Waals surface area contributed by atoms with Crippen LogP contribution in [0.3, 0.4) is 0 Å². The second kappa shape index (κ2) is 4.61. The van der Waals surface area contributed by atoms with Crippen molar-refractivity contribution in [2.24, 2.45) is 5.41 Å². The highest BCUT2D eigenvalue weighted by atomic mass is 79.9.